The lowest BCUT2D eigenvalue weighted by Crippen LogP contribution is -2.34. The van der Waals surface area contributed by atoms with E-state index in [4.69, 9.17) is 0 Å². The number of carbonyl (C=O) groups is 1. The topological polar surface area (TPSA) is 54.5 Å². The van der Waals surface area contributed by atoms with Crippen LogP contribution in [0.3, 0.4) is 0 Å². The molecular weight excluding hydrogens is 385 g/mol. The Balaban J connectivity index is 1.61. The zero-order valence-electron chi connectivity index (χ0n) is 14.9. The van der Waals surface area contributed by atoms with E-state index >= 15 is 0 Å². The quantitative estimate of drug-likeness (QED) is 0.762. The van der Waals surface area contributed by atoms with Crippen LogP contribution in [0.4, 0.5) is 4.39 Å². The molecule has 3 rings (SSSR count). The van der Waals surface area contributed by atoms with Crippen molar-refractivity contribution in [2.45, 2.75) is 17.4 Å². The molecule has 0 spiro atoms. The lowest BCUT2D eigenvalue weighted by molar-refractivity contribution is -0.128. The number of carbonyl (C=O) groups excluding carboxylic acids is 1. The molecule has 27 heavy (non-hydrogen) atoms. The number of amides is 1. The molecule has 0 bridgehead atoms. The van der Waals surface area contributed by atoms with Crippen LogP contribution in [0.15, 0.2) is 54.6 Å². The smallest absolute Gasteiger partial charge is 0.232 e. The van der Waals surface area contributed by atoms with Crippen LogP contribution in [0.1, 0.15) is 22.8 Å². The van der Waals surface area contributed by atoms with Crippen LogP contribution in [0.25, 0.3) is 0 Å². The van der Waals surface area contributed by atoms with Gasteiger partial charge in [-0.1, -0.05) is 48.5 Å². The monoisotopic (exact) mass is 407 g/mol. The first-order chi connectivity index (χ1) is 13.0. The molecule has 1 saturated heterocycles. The predicted molar refractivity (Wildman–Crippen MR) is 107 cm³/mol. The second kappa shape index (κ2) is 8.89. The molecule has 4 nitrogen and oxygen atoms in total. The first kappa shape index (κ1) is 19.9. The molecule has 1 aliphatic rings. The standard InChI is InChI=1S/C20H22FNO3S2/c21-18-9-5-4-8-17(18)19-10-11-22(12-13-27(19,24)25)20(23)15-26-14-16-6-2-1-3-7-16/h1-9,19H,10-15H2. The minimum absolute atomic E-state index is 0.0692. The number of halogens is 1. The van der Waals surface area contributed by atoms with Gasteiger partial charge < -0.3 is 4.90 Å². The van der Waals surface area contributed by atoms with E-state index in [1.807, 2.05) is 30.3 Å². The molecule has 1 atom stereocenters. The highest BCUT2D eigenvalue weighted by Gasteiger charge is 2.33. The fourth-order valence-electron chi connectivity index (χ4n) is 3.20. The van der Waals surface area contributed by atoms with Gasteiger partial charge in [-0.15, -0.1) is 11.8 Å². The largest absolute Gasteiger partial charge is 0.341 e. The van der Waals surface area contributed by atoms with Gasteiger partial charge in [0.25, 0.3) is 0 Å². The molecule has 2 aromatic carbocycles. The van der Waals surface area contributed by atoms with Crippen molar-refractivity contribution in [2.75, 3.05) is 24.6 Å². The first-order valence-corrected chi connectivity index (χ1v) is 11.7. The third kappa shape index (κ3) is 5.11. The first-order valence-electron chi connectivity index (χ1n) is 8.83. The fraction of sp³-hybridized carbons (Fsp3) is 0.350. The van der Waals surface area contributed by atoms with Gasteiger partial charge in [0.15, 0.2) is 9.84 Å². The summed E-state index contributed by atoms with van der Waals surface area (Å²) in [6.07, 6.45) is 0.221. The average Bonchev–Trinajstić information content (AvgIpc) is 2.81. The second-order valence-electron chi connectivity index (χ2n) is 6.52. The van der Waals surface area contributed by atoms with Gasteiger partial charge in [-0.3, -0.25) is 4.79 Å². The number of thioether (sulfide) groups is 1. The van der Waals surface area contributed by atoms with Crippen molar-refractivity contribution >= 4 is 27.5 Å². The molecule has 144 valence electrons. The van der Waals surface area contributed by atoms with Crippen molar-refractivity contribution < 1.29 is 17.6 Å². The van der Waals surface area contributed by atoms with E-state index in [2.05, 4.69) is 0 Å². The highest BCUT2D eigenvalue weighted by Crippen LogP contribution is 2.31. The summed E-state index contributed by atoms with van der Waals surface area (Å²) in [5, 5.41) is -0.895. The SMILES string of the molecule is O=C(CSCc1ccccc1)N1CCC(c2ccccc2F)S(=O)(=O)CC1. The summed E-state index contributed by atoms with van der Waals surface area (Å²) in [6.45, 7) is 0.487. The van der Waals surface area contributed by atoms with Gasteiger partial charge in [-0.25, -0.2) is 12.8 Å². The molecule has 0 radical (unpaired) electrons. The number of hydrogen-bond donors (Lipinski definition) is 0. The average molecular weight is 408 g/mol. The lowest BCUT2D eigenvalue weighted by Gasteiger charge is -2.20. The third-order valence-electron chi connectivity index (χ3n) is 4.68. The Labute approximate surface area is 163 Å². The lowest BCUT2D eigenvalue weighted by atomic mass is 10.1. The van der Waals surface area contributed by atoms with Gasteiger partial charge in [0.1, 0.15) is 5.82 Å². The maximum atomic E-state index is 14.1. The summed E-state index contributed by atoms with van der Waals surface area (Å²) < 4.78 is 39.3. The molecule has 0 N–H and O–H groups in total. The maximum Gasteiger partial charge on any atom is 0.232 e. The van der Waals surface area contributed by atoms with E-state index in [-0.39, 0.29) is 30.2 Å². The summed E-state index contributed by atoms with van der Waals surface area (Å²) in [4.78, 5) is 14.1. The van der Waals surface area contributed by atoms with Gasteiger partial charge in [0.2, 0.25) is 5.91 Å². The molecular formula is C20H22FNO3S2. The van der Waals surface area contributed by atoms with Crippen molar-refractivity contribution in [1.82, 2.24) is 4.90 Å². The van der Waals surface area contributed by atoms with E-state index in [0.29, 0.717) is 12.3 Å². The summed E-state index contributed by atoms with van der Waals surface area (Å²) in [5.74, 6) is 0.321. The van der Waals surface area contributed by atoms with Crippen LogP contribution in [0, 0.1) is 5.82 Å². The normalized spacial score (nSPS) is 19.4. The van der Waals surface area contributed by atoms with Gasteiger partial charge in [-0.05, 0) is 18.1 Å². The number of nitrogens with zero attached hydrogens (tertiary/aromatic N) is 1. The molecule has 0 aliphatic carbocycles. The van der Waals surface area contributed by atoms with E-state index in [9.17, 15) is 17.6 Å². The van der Waals surface area contributed by atoms with Crippen molar-refractivity contribution in [1.29, 1.82) is 0 Å². The van der Waals surface area contributed by atoms with Crippen LogP contribution in [0.2, 0.25) is 0 Å². The summed E-state index contributed by atoms with van der Waals surface area (Å²) >= 11 is 1.51. The van der Waals surface area contributed by atoms with Crippen LogP contribution in [-0.4, -0.2) is 43.8 Å². The van der Waals surface area contributed by atoms with Crippen molar-refractivity contribution in [3.05, 3.63) is 71.5 Å². The number of hydrogen-bond acceptors (Lipinski definition) is 4. The Hall–Kier alpha value is -1.86. The molecule has 1 amide bonds. The Kier molecular flexibility index (Phi) is 6.55. The van der Waals surface area contributed by atoms with Crippen LogP contribution in [0.5, 0.6) is 0 Å². The molecule has 0 saturated carbocycles. The third-order valence-corrected chi connectivity index (χ3v) is 7.78. The highest BCUT2D eigenvalue weighted by molar-refractivity contribution is 7.99. The fourth-order valence-corrected chi connectivity index (χ4v) is 5.89. The van der Waals surface area contributed by atoms with Crippen molar-refractivity contribution in [2.24, 2.45) is 0 Å². The van der Waals surface area contributed by atoms with Crippen molar-refractivity contribution in [3.63, 3.8) is 0 Å². The predicted octanol–water partition coefficient (Wildman–Crippen LogP) is 3.45. The van der Waals surface area contributed by atoms with Crippen molar-refractivity contribution in [3.8, 4) is 0 Å². The van der Waals surface area contributed by atoms with Crippen LogP contribution < -0.4 is 0 Å². The van der Waals surface area contributed by atoms with E-state index in [1.165, 1.54) is 23.9 Å². The van der Waals surface area contributed by atoms with Crippen LogP contribution in [-0.2, 0) is 20.4 Å². The summed E-state index contributed by atoms with van der Waals surface area (Å²) in [7, 11) is -3.51. The highest BCUT2D eigenvalue weighted by atomic mass is 32.2. The molecule has 2 aromatic rings. The van der Waals surface area contributed by atoms with Gasteiger partial charge in [0, 0.05) is 24.4 Å². The maximum absolute atomic E-state index is 14.1. The van der Waals surface area contributed by atoms with Crippen LogP contribution >= 0.6 is 11.8 Å². The van der Waals surface area contributed by atoms with E-state index in [0.717, 1.165) is 11.3 Å². The zero-order chi connectivity index (χ0) is 19.3. The molecule has 7 heteroatoms. The molecule has 0 aromatic heterocycles. The minimum atomic E-state index is -3.51. The molecule has 1 aliphatic heterocycles. The number of sulfone groups is 1. The summed E-state index contributed by atoms with van der Waals surface area (Å²) in [5.41, 5.74) is 1.35. The molecule has 1 unspecified atom stereocenters. The minimum Gasteiger partial charge on any atom is -0.341 e. The Bertz CT molecular complexity index is 887. The zero-order valence-corrected chi connectivity index (χ0v) is 16.5. The number of benzene rings is 2. The Morgan fingerprint density at radius 3 is 2.52 bits per heavy atom. The summed E-state index contributed by atoms with van der Waals surface area (Å²) in [6, 6.07) is 15.9. The van der Waals surface area contributed by atoms with Gasteiger partial charge in [0.05, 0.1) is 16.8 Å². The van der Waals surface area contributed by atoms with E-state index < -0.39 is 20.9 Å². The second-order valence-corrected chi connectivity index (χ2v) is 9.81. The molecule has 1 fully saturated rings. The molecule has 1 heterocycles. The van der Waals surface area contributed by atoms with E-state index in [1.54, 1.807) is 17.0 Å². The van der Waals surface area contributed by atoms with Gasteiger partial charge >= 0.3 is 0 Å². The van der Waals surface area contributed by atoms with Gasteiger partial charge in [-0.2, -0.15) is 0 Å². The Morgan fingerprint density at radius 2 is 1.78 bits per heavy atom. The Morgan fingerprint density at radius 1 is 1.07 bits per heavy atom. The number of rotatable bonds is 5.